The Kier molecular flexibility index (Phi) is 4.90. The number of nitrogens with two attached hydrogens (primary N) is 1. The Morgan fingerprint density at radius 3 is 2.67 bits per heavy atom. The van der Waals surface area contributed by atoms with Crippen molar-refractivity contribution in [1.29, 1.82) is 0 Å². The molecule has 1 aliphatic rings. The summed E-state index contributed by atoms with van der Waals surface area (Å²) in [4.78, 5) is 14.5. The van der Waals surface area contributed by atoms with Gasteiger partial charge in [-0.2, -0.15) is 0 Å². The molecule has 1 aromatic carbocycles. The topological polar surface area (TPSA) is 74.0 Å². The first-order valence-electron chi connectivity index (χ1n) is 6.99. The maximum absolute atomic E-state index is 12.7. The van der Waals surface area contributed by atoms with Crippen LogP contribution < -0.4 is 15.2 Å². The number of anilines is 1. The molecule has 1 unspecified atom stereocenters. The largest absolute Gasteiger partial charge is 0.493 e. The van der Waals surface area contributed by atoms with E-state index in [0.29, 0.717) is 42.4 Å². The second kappa shape index (κ2) is 6.67. The van der Waals surface area contributed by atoms with Gasteiger partial charge >= 0.3 is 0 Å². The van der Waals surface area contributed by atoms with Crippen LogP contribution in [0.1, 0.15) is 23.7 Å². The van der Waals surface area contributed by atoms with Crippen molar-refractivity contribution < 1.29 is 19.0 Å². The number of methoxy groups -OCH3 is 2. The molecule has 0 aromatic heterocycles. The second-order valence-electron chi connectivity index (χ2n) is 5.08. The molecule has 1 aliphatic heterocycles. The van der Waals surface area contributed by atoms with Gasteiger partial charge < -0.3 is 24.8 Å². The zero-order valence-electron chi connectivity index (χ0n) is 12.7. The first kappa shape index (κ1) is 15.4. The maximum atomic E-state index is 12.7. The van der Waals surface area contributed by atoms with Gasteiger partial charge in [-0.05, 0) is 19.4 Å². The zero-order chi connectivity index (χ0) is 15.4. The molecule has 6 heteroatoms. The smallest absolute Gasteiger partial charge is 0.256 e. The lowest BCUT2D eigenvalue weighted by Crippen LogP contribution is -2.36. The fourth-order valence-corrected chi connectivity index (χ4v) is 2.43. The maximum Gasteiger partial charge on any atom is 0.256 e. The van der Waals surface area contributed by atoms with E-state index >= 15 is 0 Å². The van der Waals surface area contributed by atoms with Gasteiger partial charge in [0.2, 0.25) is 0 Å². The molecule has 0 aliphatic carbocycles. The molecule has 0 bridgehead atoms. The minimum atomic E-state index is -0.106. The van der Waals surface area contributed by atoms with E-state index in [1.807, 2.05) is 6.92 Å². The molecule has 1 heterocycles. The van der Waals surface area contributed by atoms with E-state index in [-0.39, 0.29) is 12.0 Å². The molecule has 0 saturated carbocycles. The monoisotopic (exact) mass is 294 g/mol. The van der Waals surface area contributed by atoms with E-state index in [1.165, 1.54) is 14.2 Å². The van der Waals surface area contributed by atoms with Crippen molar-refractivity contribution in [2.75, 3.05) is 39.6 Å². The standard InChI is InChI=1S/C15H22N2O4/c1-10-9-17(5-4-6-21-10)15(18)11-7-13(19-2)14(20-3)8-12(11)16/h7-8,10H,4-6,9,16H2,1-3H3. The number of amides is 1. The van der Waals surface area contributed by atoms with Crippen molar-refractivity contribution in [2.45, 2.75) is 19.4 Å². The van der Waals surface area contributed by atoms with Crippen LogP contribution in [-0.2, 0) is 4.74 Å². The van der Waals surface area contributed by atoms with E-state index in [1.54, 1.807) is 17.0 Å². The van der Waals surface area contributed by atoms with Gasteiger partial charge in [-0.3, -0.25) is 4.79 Å². The van der Waals surface area contributed by atoms with Crippen LogP contribution in [0.2, 0.25) is 0 Å². The van der Waals surface area contributed by atoms with Crippen molar-refractivity contribution >= 4 is 11.6 Å². The highest BCUT2D eigenvalue weighted by atomic mass is 16.5. The molecular weight excluding hydrogens is 272 g/mol. The van der Waals surface area contributed by atoms with E-state index in [4.69, 9.17) is 19.9 Å². The Bertz CT molecular complexity index is 519. The van der Waals surface area contributed by atoms with Crippen LogP contribution in [0.3, 0.4) is 0 Å². The quantitative estimate of drug-likeness (QED) is 0.856. The molecule has 0 radical (unpaired) electrons. The van der Waals surface area contributed by atoms with Crippen LogP contribution in [0.25, 0.3) is 0 Å². The van der Waals surface area contributed by atoms with Crippen LogP contribution >= 0.6 is 0 Å². The highest BCUT2D eigenvalue weighted by Gasteiger charge is 2.24. The Balaban J connectivity index is 2.29. The second-order valence-corrected chi connectivity index (χ2v) is 5.08. The molecule has 1 saturated heterocycles. The Morgan fingerprint density at radius 2 is 2.00 bits per heavy atom. The first-order valence-corrected chi connectivity index (χ1v) is 6.99. The molecule has 1 aromatic rings. The number of carbonyl (C=O) groups excluding carboxylic acids is 1. The van der Waals surface area contributed by atoms with E-state index < -0.39 is 0 Å². The Morgan fingerprint density at radius 1 is 1.33 bits per heavy atom. The van der Waals surface area contributed by atoms with Crippen LogP contribution in [0, 0.1) is 0 Å². The molecule has 0 spiro atoms. The number of hydrogen-bond donors (Lipinski definition) is 1. The Labute approximate surface area is 124 Å². The van der Waals surface area contributed by atoms with E-state index in [9.17, 15) is 4.79 Å². The lowest BCUT2D eigenvalue weighted by atomic mass is 10.1. The van der Waals surface area contributed by atoms with Crippen molar-refractivity contribution in [1.82, 2.24) is 4.90 Å². The number of ether oxygens (including phenoxy) is 3. The third-order valence-corrected chi connectivity index (χ3v) is 3.53. The van der Waals surface area contributed by atoms with Crippen molar-refractivity contribution in [3.63, 3.8) is 0 Å². The number of benzene rings is 1. The summed E-state index contributed by atoms with van der Waals surface area (Å²) in [5.74, 6) is 0.902. The number of nitrogen functional groups attached to an aromatic ring is 1. The fourth-order valence-electron chi connectivity index (χ4n) is 2.43. The summed E-state index contributed by atoms with van der Waals surface area (Å²) in [7, 11) is 3.07. The lowest BCUT2D eigenvalue weighted by Gasteiger charge is -2.23. The summed E-state index contributed by atoms with van der Waals surface area (Å²) in [5, 5.41) is 0. The van der Waals surface area contributed by atoms with Gasteiger partial charge in [-0.1, -0.05) is 0 Å². The number of nitrogens with zero attached hydrogens (tertiary/aromatic N) is 1. The summed E-state index contributed by atoms with van der Waals surface area (Å²) < 4.78 is 16.0. The average Bonchev–Trinajstić information content (AvgIpc) is 2.70. The van der Waals surface area contributed by atoms with Crippen LogP contribution in [0.5, 0.6) is 11.5 Å². The predicted molar refractivity (Wildman–Crippen MR) is 79.9 cm³/mol. The van der Waals surface area contributed by atoms with Crippen molar-refractivity contribution in [3.8, 4) is 11.5 Å². The number of rotatable bonds is 3. The molecule has 6 nitrogen and oxygen atoms in total. The van der Waals surface area contributed by atoms with Crippen LogP contribution in [0.4, 0.5) is 5.69 Å². The highest BCUT2D eigenvalue weighted by Crippen LogP contribution is 2.32. The predicted octanol–water partition coefficient (Wildman–Crippen LogP) is 1.54. The molecule has 1 amide bonds. The van der Waals surface area contributed by atoms with Gasteiger partial charge in [-0.15, -0.1) is 0 Å². The molecular formula is C15H22N2O4. The molecule has 1 atom stereocenters. The summed E-state index contributed by atoms with van der Waals surface area (Å²) in [6.07, 6.45) is 0.848. The van der Waals surface area contributed by atoms with Crippen LogP contribution in [-0.4, -0.2) is 50.8 Å². The van der Waals surface area contributed by atoms with Crippen molar-refractivity contribution in [3.05, 3.63) is 17.7 Å². The summed E-state index contributed by atoms with van der Waals surface area (Å²) in [5.41, 5.74) is 6.80. The number of carbonyl (C=O) groups is 1. The third kappa shape index (κ3) is 3.39. The summed E-state index contributed by atoms with van der Waals surface area (Å²) in [6.45, 7) is 3.86. The minimum absolute atomic E-state index is 0.0258. The van der Waals surface area contributed by atoms with Gasteiger partial charge in [-0.25, -0.2) is 0 Å². The fraction of sp³-hybridized carbons (Fsp3) is 0.533. The SMILES string of the molecule is COc1cc(N)c(C(=O)N2CCCOC(C)C2)cc1OC. The van der Waals surface area contributed by atoms with Gasteiger partial charge in [0.15, 0.2) is 11.5 Å². The van der Waals surface area contributed by atoms with Gasteiger partial charge in [0, 0.05) is 31.5 Å². The Hall–Kier alpha value is -1.95. The lowest BCUT2D eigenvalue weighted by molar-refractivity contribution is 0.0563. The van der Waals surface area contributed by atoms with Gasteiger partial charge in [0.25, 0.3) is 5.91 Å². The van der Waals surface area contributed by atoms with Crippen LogP contribution in [0.15, 0.2) is 12.1 Å². The summed E-state index contributed by atoms with van der Waals surface area (Å²) >= 11 is 0. The first-order chi connectivity index (χ1) is 10.1. The average molecular weight is 294 g/mol. The van der Waals surface area contributed by atoms with Gasteiger partial charge in [0.05, 0.1) is 25.9 Å². The number of hydrogen-bond acceptors (Lipinski definition) is 5. The molecule has 2 N–H and O–H groups in total. The third-order valence-electron chi connectivity index (χ3n) is 3.53. The molecule has 1 fully saturated rings. The molecule has 2 rings (SSSR count). The minimum Gasteiger partial charge on any atom is -0.493 e. The van der Waals surface area contributed by atoms with E-state index in [2.05, 4.69) is 0 Å². The van der Waals surface area contributed by atoms with Gasteiger partial charge in [0.1, 0.15) is 0 Å². The molecule has 116 valence electrons. The molecule has 21 heavy (non-hydrogen) atoms. The highest BCUT2D eigenvalue weighted by molar-refractivity contribution is 6.00. The normalized spacial score (nSPS) is 19.0. The van der Waals surface area contributed by atoms with E-state index in [0.717, 1.165) is 6.42 Å². The summed E-state index contributed by atoms with van der Waals surface area (Å²) in [6, 6.07) is 3.25. The zero-order valence-corrected chi connectivity index (χ0v) is 12.7. The van der Waals surface area contributed by atoms with Crippen molar-refractivity contribution in [2.24, 2.45) is 0 Å².